The number of amides is 1. The Bertz CT molecular complexity index is 1060. The molecular formula is C20H19N3O4S. The Morgan fingerprint density at radius 3 is 2.79 bits per heavy atom. The predicted molar refractivity (Wildman–Crippen MR) is 105 cm³/mol. The van der Waals surface area contributed by atoms with Crippen molar-refractivity contribution < 1.29 is 14.3 Å². The fourth-order valence-corrected chi connectivity index (χ4v) is 3.58. The van der Waals surface area contributed by atoms with Crippen molar-refractivity contribution in [3.05, 3.63) is 64.0 Å². The van der Waals surface area contributed by atoms with Crippen LogP contribution in [0.2, 0.25) is 0 Å². The maximum absolute atomic E-state index is 12.5. The van der Waals surface area contributed by atoms with Crippen LogP contribution in [-0.4, -0.2) is 27.5 Å². The molecule has 144 valence electrons. The van der Waals surface area contributed by atoms with Crippen LogP contribution in [0.25, 0.3) is 10.2 Å². The van der Waals surface area contributed by atoms with Crippen LogP contribution in [0.1, 0.15) is 30.9 Å². The first-order valence-electron chi connectivity index (χ1n) is 9.09. The van der Waals surface area contributed by atoms with Gasteiger partial charge in [-0.15, -0.1) is 11.3 Å². The van der Waals surface area contributed by atoms with Crippen LogP contribution in [0.3, 0.4) is 0 Å². The molecule has 0 bridgehead atoms. The van der Waals surface area contributed by atoms with Gasteiger partial charge in [0, 0.05) is 18.2 Å². The smallest absolute Gasteiger partial charge is 0.308 e. The van der Waals surface area contributed by atoms with Gasteiger partial charge in [-0.1, -0.05) is 30.3 Å². The van der Waals surface area contributed by atoms with Gasteiger partial charge in [-0.2, -0.15) is 0 Å². The second-order valence-corrected chi connectivity index (χ2v) is 7.59. The molecule has 1 atom stereocenters. The second kappa shape index (κ2) is 7.93. The molecule has 0 aliphatic heterocycles. The summed E-state index contributed by atoms with van der Waals surface area (Å²) in [5.74, 6) is -0.863. The molecule has 4 rings (SSSR count). The van der Waals surface area contributed by atoms with Crippen molar-refractivity contribution in [2.24, 2.45) is 0 Å². The predicted octanol–water partition coefficient (Wildman–Crippen LogP) is 2.41. The molecule has 8 heteroatoms. The van der Waals surface area contributed by atoms with Crippen molar-refractivity contribution in [1.82, 2.24) is 14.9 Å². The van der Waals surface area contributed by atoms with E-state index in [9.17, 15) is 14.4 Å². The molecule has 1 amide bonds. The van der Waals surface area contributed by atoms with E-state index in [4.69, 9.17) is 4.74 Å². The van der Waals surface area contributed by atoms with Crippen LogP contribution in [0, 0.1) is 0 Å². The van der Waals surface area contributed by atoms with Crippen LogP contribution in [0.15, 0.2) is 52.9 Å². The van der Waals surface area contributed by atoms with E-state index >= 15 is 0 Å². The van der Waals surface area contributed by atoms with Gasteiger partial charge < -0.3 is 10.1 Å². The number of aromatic nitrogens is 2. The lowest BCUT2D eigenvalue weighted by atomic mass is 10.1. The number of carbonyl (C=O) groups excluding carboxylic acids is 2. The minimum absolute atomic E-state index is 0.0305. The maximum atomic E-state index is 12.5. The van der Waals surface area contributed by atoms with Gasteiger partial charge in [-0.05, 0) is 24.3 Å². The molecule has 0 radical (unpaired) electrons. The summed E-state index contributed by atoms with van der Waals surface area (Å²) in [6, 6.07) is 10.8. The normalized spacial score (nSPS) is 14.6. The number of rotatable bonds is 7. The van der Waals surface area contributed by atoms with Crippen molar-refractivity contribution >= 4 is 33.4 Å². The first-order valence-corrected chi connectivity index (χ1v) is 9.97. The fourth-order valence-electron chi connectivity index (χ4n) is 2.86. The van der Waals surface area contributed by atoms with Crippen LogP contribution in [0.4, 0.5) is 0 Å². The van der Waals surface area contributed by atoms with E-state index in [0.29, 0.717) is 15.8 Å². The fraction of sp³-hybridized carbons (Fsp3) is 0.300. The van der Waals surface area contributed by atoms with Crippen molar-refractivity contribution in [3.8, 4) is 0 Å². The lowest BCUT2D eigenvalue weighted by molar-refractivity contribution is -0.156. The summed E-state index contributed by atoms with van der Waals surface area (Å²) in [5, 5.41) is 5.22. The van der Waals surface area contributed by atoms with Gasteiger partial charge in [-0.3, -0.25) is 19.0 Å². The SMILES string of the molecule is O=C(CCn1cnc2sccc2c1=O)O[C@@H](C(=O)NC1CC1)c1ccccc1. The third-order valence-electron chi connectivity index (χ3n) is 4.52. The van der Waals surface area contributed by atoms with Gasteiger partial charge in [0.2, 0.25) is 6.10 Å². The van der Waals surface area contributed by atoms with E-state index in [1.807, 2.05) is 6.07 Å². The highest BCUT2D eigenvalue weighted by Crippen LogP contribution is 2.23. The standard InChI is InChI=1S/C20H19N3O4S/c24-16(8-10-23-12-21-19-15(20(23)26)9-11-28-19)27-17(13-4-2-1-3-5-13)18(25)22-14-6-7-14/h1-5,9,11-12,14,17H,6-8,10H2,(H,22,25)/t17-/m1/s1. The summed E-state index contributed by atoms with van der Waals surface area (Å²) >= 11 is 1.39. The van der Waals surface area contributed by atoms with Crippen molar-refractivity contribution in [1.29, 1.82) is 0 Å². The van der Waals surface area contributed by atoms with Gasteiger partial charge in [-0.25, -0.2) is 4.98 Å². The molecule has 1 N–H and O–H groups in total. The molecule has 0 spiro atoms. The highest BCUT2D eigenvalue weighted by atomic mass is 32.1. The Kier molecular flexibility index (Phi) is 5.21. The van der Waals surface area contributed by atoms with Gasteiger partial charge in [0.25, 0.3) is 11.5 Å². The van der Waals surface area contributed by atoms with Crippen LogP contribution in [0.5, 0.6) is 0 Å². The molecule has 28 heavy (non-hydrogen) atoms. The van der Waals surface area contributed by atoms with Crippen molar-refractivity contribution in [2.75, 3.05) is 0 Å². The van der Waals surface area contributed by atoms with Gasteiger partial charge >= 0.3 is 5.97 Å². The summed E-state index contributed by atoms with van der Waals surface area (Å²) in [6.45, 7) is 0.141. The Morgan fingerprint density at radius 1 is 1.25 bits per heavy atom. The number of ether oxygens (including phenoxy) is 1. The van der Waals surface area contributed by atoms with Crippen molar-refractivity contribution in [2.45, 2.75) is 38.0 Å². The van der Waals surface area contributed by atoms with Crippen LogP contribution < -0.4 is 10.9 Å². The molecule has 1 fully saturated rings. The zero-order valence-electron chi connectivity index (χ0n) is 15.0. The molecule has 0 unspecified atom stereocenters. The van der Waals surface area contributed by atoms with E-state index in [2.05, 4.69) is 10.3 Å². The third kappa shape index (κ3) is 4.12. The Morgan fingerprint density at radius 2 is 2.04 bits per heavy atom. The summed E-state index contributed by atoms with van der Waals surface area (Å²) in [6.07, 6.45) is 2.30. The van der Waals surface area contributed by atoms with Crippen molar-refractivity contribution in [3.63, 3.8) is 0 Å². The lowest BCUT2D eigenvalue weighted by Crippen LogP contribution is -2.33. The Labute approximate surface area is 165 Å². The topological polar surface area (TPSA) is 90.3 Å². The first kappa shape index (κ1) is 18.4. The number of hydrogen-bond acceptors (Lipinski definition) is 6. The largest absolute Gasteiger partial charge is 0.447 e. The Hall–Kier alpha value is -3.00. The van der Waals surface area contributed by atoms with E-state index in [1.165, 1.54) is 22.2 Å². The summed E-state index contributed by atoms with van der Waals surface area (Å²) in [5.41, 5.74) is 0.428. The van der Waals surface area contributed by atoms with Gasteiger partial charge in [0.1, 0.15) is 4.83 Å². The number of hydrogen-bond donors (Lipinski definition) is 1. The molecule has 0 saturated heterocycles. The third-order valence-corrected chi connectivity index (χ3v) is 5.34. The number of aryl methyl sites for hydroxylation is 1. The van der Waals surface area contributed by atoms with E-state index in [-0.39, 0.29) is 30.5 Å². The lowest BCUT2D eigenvalue weighted by Gasteiger charge is -2.18. The molecule has 1 aliphatic rings. The number of fused-ring (bicyclic) bond motifs is 1. The highest BCUT2D eigenvalue weighted by Gasteiger charge is 2.30. The summed E-state index contributed by atoms with van der Waals surface area (Å²) < 4.78 is 6.86. The molecule has 2 aromatic heterocycles. The van der Waals surface area contributed by atoms with E-state index in [1.54, 1.807) is 35.7 Å². The molecule has 1 saturated carbocycles. The first-order chi connectivity index (χ1) is 13.6. The summed E-state index contributed by atoms with van der Waals surface area (Å²) in [7, 11) is 0. The number of benzene rings is 1. The van der Waals surface area contributed by atoms with Crippen LogP contribution >= 0.6 is 11.3 Å². The van der Waals surface area contributed by atoms with Gasteiger partial charge in [0.05, 0.1) is 18.1 Å². The maximum Gasteiger partial charge on any atom is 0.308 e. The highest BCUT2D eigenvalue weighted by molar-refractivity contribution is 7.16. The quantitative estimate of drug-likeness (QED) is 0.619. The average Bonchev–Trinajstić information content (AvgIpc) is 3.38. The van der Waals surface area contributed by atoms with E-state index < -0.39 is 12.1 Å². The molecule has 2 heterocycles. The number of nitrogens with zero attached hydrogens (tertiary/aromatic N) is 2. The number of thiophene rings is 1. The zero-order valence-corrected chi connectivity index (χ0v) is 15.9. The number of carbonyl (C=O) groups is 2. The second-order valence-electron chi connectivity index (χ2n) is 6.70. The zero-order chi connectivity index (χ0) is 19.5. The average molecular weight is 397 g/mol. The van der Waals surface area contributed by atoms with E-state index in [0.717, 1.165) is 12.8 Å². The molecular weight excluding hydrogens is 378 g/mol. The summed E-state index contributed by atoms with van der Waals surface area (Å²) in [4.78, 5) is 42.2. The van der Waals surface area contributed by atoms with Gasteiger partial charge in [0.15, 0.2) is 0 Å². The minimum atomic E-state index is -0.997. The molecule has 1 aromatic carbocycles. The number of esters is 1. The number of nitrogens with one attached hydrogen (secondary N) is 1. The minimum Gasteiger partial charge on any atom is -0.447 e. The molecule has 1 aliphatic carbocycles. The molecule has 7 nitrogen and oxygen atoms in total. The Balaban J connectivity index is 1.44. The van der Waals surface area contributed by atoms with Crippen LogP contribution in [-0.2, 0) is 20.9 Å². The monoisotopic (exact) mass is 397 g/mol. The molecule has 3 aromatic rings.